The standard InChI is InChI=1S/C12H16BrNO4S/c1-17-12-10(8-2-4-18-5-3-8)6-9(13)7-11(12)19(14,15)16/h6-8H,2-5H2,1H3,(H2,14,15,16). The molecule has 0 radical (unpaired) electrons. The molecule has 1 saturated heterocycles. The molecule has 0 aromatic heterocycles. The Kier molecular flexibility index (Phi) is 4.50. The van der Waals surface area contributed by atoms with Gasteiger partial charge in [0.15, 0.2) is 0 Å². The summed E-state index contributed by atoms with van der Waals surface area (Å²) in [6, 6.07) is 3.36. The minimum atomic E-state index is -3.82. The van der Waals surface area contributed by atoms with Gasteiger partial charge in [0, 0.05) is 17.7 Å². The molecule has 0 saturated carbocycles. The predicted molar refractivity (Wildman–Crippen MR) is 74.9 cm³/mol. The Balaban J connectivity index is 2.56. The molecule has 2 rings (SSSR count). The smallest absolute Gasteiger partial charge is 0.241 e. The third kappa shape index (κ3) is 3.28. The van der Waals surface area contributed by atoms with Crippen molar-refractivity contribution in [3.63, 3.8) is 0 Å². The van der Waals surface area contributed by atoms with Gasteiger partial charge >= 0.3 is 0 Å². The first-order valence-electron chi connectivity index (χ1n) is 5.91. The van der Waals surface area contributed by atoms with Crippen LogP contribution < -0.4 is 9.88 Å². The number of ether oxygens (including phenoxy) is 2. The highest BCUT2D eigenvalue weighted by atomic mass is 79.9. The van der Waals surface area contributed by atoms with Gasteiger partial charge in [-0.1, -0.05) is 15.9 Å². The normalized spacial score (nSPS) is 17.4. The van der Waals surface area contributed by atoms with Gasteiger partial charge < -0.3 is 9.47 Å². The van der Waals surface area contributed by atoms with Crippen LogP contribution in [0.1, 0.15) is 24.3 Å². The Labute approximate surface area is 121 Å². The van der Waals surface area contributed by atoms with Gasteiger partial charge in [-0.05, 0) is 36.5 Å². The second-order valence-corrected chi connectivity index (χ2v) is 6.90. The van der Waals surface area contributed by atoms with E-state index in [1.165, 1.54) is 13.2 Å². The van der Waals surface area contributed by atoms with Gasteiger partial charge in [-0.15, -0.1) is 0 Å². The van der Waals surface area contributed by atoms with E-state index in [0.29, 0.717) is 23.4 Å². The number of primary sulfonamides is 1. The lowest BCUT2D eigenvalue weighted by Crippen LogP contribution is -2.18. The van der Waals surface area contributed by atoms with Crippen LogP contribution in [0.25, 0.3) is 0 Å². The van der Waals surface area contributed by atoms with E-state index in [-0.39, 0.29) is 10.8 Å². The van der Waals surface area contributed by atoms with Crippen LogP contribution in [-0.2, 0) is 14.8 Å². The molecular formula is C12H16BrNO4S. The van der Waals surface area contributed by atoms with Crippen molar-refractivity contribution in [2.24, 2.45) is 5.14 Å². The number of benzene rings is 1. The molecule has 0 amide bonds. The molecule has 1 aromatic rings. The van der Waals surface area contributed by atoms with Crippen LogP contribution in [0, 0.1) is 0 Å². The molecule has 2 N–H and O–H groups in total. The molecular weight excluding hydrogens is 334 g/mol. The maximum absolute atomic E-state index is 11.7. The highest BCUT2D eigenvalue weighted by Crippen LogP contribution is 2.39. The van der Waals surface area contributed by atoms with Crippen LogP contribution >= 0.6 is 15.9 Å². The number of hydrogen-bond donors (Lipinski definition) is 1. The van der Waals surface area contributed by atoms with E-state index in [4.69, 9.17) is 14.6 Å². The molecule has 0 spiro atoms. The van der Waals surface area contributed by atoms with Gasteiger partial charge in [0.25, 0.3) is 0 Å². The van der Waals surface area contributed by atoms with E-state index in [1.54, 1.807) is 0 Å². The van der Waals surface area contributed by atoms with Crippen LogP contribution in [0.3, 0.4) is 0 Å². The molecule has 7 heteroatoms. The number of nitrogens with two attached hydrogens (primary N) is 1. The van der Waals surface area contributed by atoms with Crippen molar-refractivity contribution >= 4 is 26.0 Å². The molecule has 0 aliphatic carbocycles. The lowest BCUT2D eigenvalue weighted by molar-refractivity contribution is 0.0847. The van der Waals surface area contributed by atoms with E-state index in [1.807, 2.05) is 6.07 Å². The number of hydrogen-bond acceptors (Lipinski definition) is 4. The number of sulfonamides is 1. The van der Waals surface area contributed by atoms with Crippen molar-refractivity contribution in [1.82, 2.24) is 0 Å². The van der Waals surface area contributed by atoms with Gasteiger partial charge in [0.05, 0.1) is 7.11 Å². The average molecular weight is 350 g/mol. The number of methoxy groups -OCH3 is 1. The summed E-state index contributed by atoms with van der Waals surface area (Å²) in [6.07, 6.45) is 1.69. The van der Waals surface area contributed by atoms with E-state index >= 15 is 0 Å². The number of rotatable bonds is 3. The third-order valence-electron chi connectivity index (χ3n) is 3.22. The molecule has 1 aromatic carbocycles. The van der Waals surface area contributed by atoms with E-state index in [9.17, 15) is 8.42 Å². The molecule has 106 valence electrons. The topological polar surface area (TPSA) is 78.6 Å². The summed E-state index contributed by atoms with van der Waals surface area (Å²) in [4.78, 5) is 0.0193. The first-order chi connectivity index (χ1) is 8.93. The van der Waals surface area contributed by atoms with Gasteiger partial charge in [-0.2, -0.15) is 0 Å². The summed E-state index contributed by atoms with van der Waals surface area (Å²) in [5.74, 6) is 0.569. The van der Waals surface area contributed by atoms with E-state index in [0.717, 1.165) is 18.4 Å². The molecule has 0 unspecified atom stereocenters. The lowest BCUT2D eigenvalue weighted by Gasteiger charge is -2.25. The summed E-state index contributed by atoms with van der Waals surface area (Å²) in [5.41, 5.74) is 0.865. The van der Waals surface area contributed by atoms with Crippen molar-refractivity contribution < 1.29 is 17.9 Å². The maximum atomic E-state index is 11.7. The number of halogens is 1. The first kappa shape index (κ1) is 14.8. The van der Waals surface area contributed by atoms with Gasteiger partial charge in [-0.25, -0.2) is 13.6 Å². The van der Waals surface area contributed by atoms with Crippen molar-refractivity contribution in [3.8, 4) is 5.75 Å². The van der Waals surface area contributed by atoms with Crippen molar-refractivity contribution in [2.75, 3.05) is 20.3 Å². The van der Waals surface area contributed by atoms with Gasteiger partial charge in [0.2, 0.25) is 10.0 Å². The fourth-order valence-electron chi connectivity index (χ4n) is 2.33. The summed E-state index contributed by atoms with van der Waals surface area (Å²) < 4.78 is 34.6. The van der Waals surface area contributed by atoms with E-state index < -0.39 is 10.0 Å². The van der Waals surface area contributed by atoms with Crippen LogP contribution in [0.15, 0.2) is 21.5 Å². The fourth-order valence-corrected chi connectivity index (χ4v) is 3.71. The largest absolute Gasteiger partial charge is 0.495 e. The molecule has 1 aliphatic rings. The minimum absolute atomic E-state index is 0.0193. The highest BCUT2D eigenvalue weighted by molar-refractivity contribution is 9.10. The first-order valence-corrected chi connectivity index (χ1v) is 8.25. The zero-order chi connectivity index (χ0) is 14.0. The summed E-state index contributed by atoms with van der Waals surface area (Å²) in [7, 11) is -2.36. The summed E-state index contributed by atoms with van der Waals surface area (Å²) in [5, 5.41) is 5.25. The van der Waals surface area contributed by atoms with Crippen LogP contribution in [0.2, 0.25) is 0 Å². The monoisotopic (exact) mass is 349 g/mol. The third-order valence-corrected chi connectivity index (χ3v) is 4.59. The Hall–Kier alpha value is -0.630. The second-order valence-electron chi connectivity index (χ2n) is 4.46. The molecule has 5 nitrogen and oxygen atoms in total. The summed E-state index contributed by atoms with van der Waals surface area (Å²) in [6.45, 7) is 1.34. The SMILES string of the molecule is COc1c(C2CCOCC2)cc(Br)cc1S(N)(=O)=O. The second kappa shape index (κ2) is 5.78. The fraction of sp³-hybridized carbons (Fsp3) is 0.500. The van der Waals surface area contributed by atoms with Crippen LogP contribution in [0.4, 0.5) is 0 Å². The zero-order valence-electron chi connectivity index (χ0n) is 10.6. The molecule has 0 atom stereocenters. The molecule has 1 heterocycles. The van der Waals surface area contributed by atoms with Crippen LogP contribution in [0.5, 0.6) is 5.75 Å². The summed E-state index contributed by atoms with van der Waals surface area (Å²) >= 11 is 3.33. The Morgan fingerprint density at radius 1 is 1.37 bits per heavy atom. The molecule has 0 bridgehead atoms. The molecule has 1 fully saturated rings. The molecule has 1 aliphatic heterocycles. The van der Waals surface area contributed by atoms with Crippen LogP contribution in [-0.4, -0.2) is 28.7 Å². The van der Waals surface area contributed by atoms with Crippen molar-refractivity contribution in [3.05, 3.63) is 22.2 Å². The Morgan fingerprint density at radius 3 is 2.53 bits per heavy atom. The van der Waals surface area contributed by atoms with Gasteiger partial charge in [-0.3, -0.25) is 0 Å². The quantitative estimate of drug-likeness (QED) is 0.904. The maximum Gasteiger partial charge on any atom is 0.241 e. The Morgan fingerprint density at radius 2 is 2.00 bits per heavy atom. The Bertz CT molecular complexity index is 567. The van der Waals surface area contributed by atoms with Crippen molar-refractivity contribution in [1.29, 1.82) is 0 Å². The average Bonchev–Trinajstić information content (AvgIpc) is 2.37. The van der Waals surface area contributed by atoms with Gasteiger partial charge in [0.1, 0.15) is 10.6 Å². The minimum Gasteiger partial charge on any atom is -0.495 e. The zero-order valence-corrected chi connectivity index (χ0v) is 13.0. The van der Waals surface area contributed by atoms with Crippen molar-refractivity contribution in [2.45, 2.75) is 23.7 Å². The molecule has 19 heavy (non-hydrogen) atoms. The van der Waals surface area contributed by atoms with E-state index in [2.05, 4.69) is 15.9 Å². The lowest BCUT2D eigenvalue weighted by atomic mass is 9.91. The highest BCUT2D eigenvalue weighted by Gasteiger charge is 2.25. The predicted octanol–water partition coefficient (Wildman–Crippen LogP) is 2.00.